The molecule has 5 rings (SSSR count). The van der Waals surface area contributed by atoms with Crippen molar-refractivity contribution in [3.05, 3.63) is 70.6 Å². The monoisotopic (exact) mass is 564 g/mol. The van der Waals surface area contributed by atoms with Crippen molar-refractivity contribution in [3.63, 3.8) is 0 Å². The molecule has 2 aromatic heterocycles. The molecule has 3 atom stereocenters. The third-order valence-corrected chi connectivity index (χ3v) is 7.86. The standard InChI is InChI=1S/C29H27ClF2N6O2/c1-16-3-4-17(2)28(40)36-24-15-35-38(29(31)32)27(24)19-7-9-34-23(11-19)26(16)37-10-8-18(12-25(37)39)22-13-21(30)6-5-20(22)14-33/h5-7,9,11-13,15-17,26,29H,3-4,8,10H2,1-2H3,(H,36,40). The van der Waals surface area contributed by atoms with E-state index in [1.54, 1.807) is 42.2 Å². The average Bonchev–Trinajstić information content (AvgIpc) is 3.36. The van der Waals surface area contributed by atoms with Gasteiger partial charge >= 0.3 is 6.55 Å². The molecule has 2 aliphatic rings. The smallest absolute Gasteiger partial charge is 0.330 e. The number of carbonyl (C=O) groups excluding carboxylic acids is 2. The number of anilines is 1. The quantitative estimate of drug-likeness (QED) is 0.406. The summed E-state index contributed by atoms with van der Waals surface area (Å²) in [5.41, 5.74) is 3.01. The van der Waals surface area contributed by atoms with E-state index < -0.39 is 18.5 Å². The molecule has 0 spiro atoms. The summed E-state index contributed by atoms with van der Waals surface area (Å²) in [5, 5.41) is 16.6. The first kappa shape index (κ1) is 27.5. The van der Waals surface area contributed by atoms with Gasteiger partial charge in [-0.1, -0.05) is 25.4 Å². The van der Waals surface area contributed by atoms with E-state index in [0.717, 1.165) is 5.57 Å². The van der Waals surface area contributed by atoms with Gasteiger partial charge < -0.3 is 10.2 Å². The second-order valence-electron chi connectivity index (χ2n) is 10.2. The van der Waals surface area contributed by atoms with Crippen LogP contribution in [0.1, 0.15) is 62.5 Å². The number of nitrogens with one attached hydrogen (secondary N) is 1. The van der Waals surface area contributed by atoms with Crippen molar-refractivity contribution in [2.24, 2.45) is 11.8 Å². The highest BCUT2D eigenvalue weighted by atomic mass is 35.5. The zero-order valence-corrected chi connectivity index (χ0v) is 22.7. The zero-order chi connectivity index (χ0) is 28.6. The SMILES string of the molecule is CC1CCC(C)C(N2CCC(c3cc(Cl)ccc3C#N)=CC2=O)c2cc(ccn2)-c2c(cnn2C(F)F)NC1=O. The fourth-order valence-corrected chi connectivity index (χ4v) is 5.66. The molecule has 11 heteroatoms. The van der Waals surface area contributed by atoms with E-state index in [1.807, 2.05) is 6.92 Å². The number of carbonyl (C=O) groups is 2. The molecule has 8 nitrogen and oxygen atoms in total. The number of fused-ring (bicyclic) bond motifs is 4. The van der Waals surface area contributed by atoms with Crippen LogP contribution in [0.15, 0.2) is 48.8 Å². The first-order chi connectivity index (χ1) is 19.2. The minimum Gasteiger partial charge on any atom is -0.330 e. The Morgan fingerprint density at radius 2 is 1.98 bits per heavy atom. The van der Waals surface area contributed by atoms with Crippen molar-refractivity contribution in [1.29, 1.82) is 5.26 Å². The topological polar surface area (TPSA) is 104 Å². The number of nitriles is 1. The second kappa shape index (κ2) is 11.2. The predicted molar refractivity (Wildman–Crippen MR) is 146 cm³/mol. The lowest BCUT2D eigenvalue weighted by Gasteiger charge is -2.38. The van der Waals surface area contributed by atoms with E-state index in [0.29, 0.717) is 57.9 Å². The van der Waals surface area contributed by atoms with Gasteiger partial charge in [0.2, 0.25) is 11.8 Å². The molecule has 4 heterocycles. The Hall–Kier alpha value is -4.10. The summed E-state index contributed by atoms with van der Waals surface area (Å²) >= 11 is 6.18. The van der Waals surface area contributed by atoms with Gasteiger partial charge in [-0.15, -0.1) is 0 Å². The molecule has 2 bridgehead atoms. The molecule has 0 saturated carbocycles. The predicted octanol–water partition coefficient (Wildman–Crippen LogP) is 6.23. The number of pyridine rings is 1. The minimum absolute atomic E-state index is 0.0725. The Morgan fingerprint density at radius 1 is 1.18 bits per heavy atom. The number of halogens is 3. The highest BCUT2D eigenvalue weighted by molar-refractivity contribution is 6.30. The van der Waals surface area contributed by atoms with E-state index in [4.69, 9.17) is 11.6 Å². The molecule has 2 amide bonds. The maximum Gasteiger partial charge on any atom is 0.333 e. The van der Waals surface area contributed by atoms with Crippen LogP contribution in [-0.4, -0.2) is 38.0 Å². The Labute approximate surface area is 235 Å². The third kappa shape index (κ3) is 5.21. The van der Waals surface area contributed by atoms with Crippen LogP contribution in [0.2, 0.25) is 5.02 Å². The number of rotatable bonds is 3. The lowest BCUT2D eigenvalue weighted by molar-refractivity contribution is -0.130. The summed E-state index contributed by atoms with van der Waals surface area (Å²) < 4.78 is 28.4. The zero-order valence-electron chi connectivity index (χ0n) is 21.9. The fraction of sp³-hybridized carbons (Fsp3) is 0.345. The van der Waals surface area contributed by atoms with Crippen LogP contribution in [0.4, 0.5) is 14.5 Å². The first-order valence-corrected chi connectivity index (χ1v) is 13.4. The normalized spacial score (nSPS) is 21.6. The fourth-order valence-electron chi connectivity index (χ4n) is 5.49. The highest BCUT2D eigenvalue weighted by Gasteiger charge is 2.34. The van der Waals surface area contributed by atoms with Gasteiger partial charge in [0.05, 0.1) is 40.9 Å². The Kier molecular flexibility index (Phi) is 7.68. The second-order valence-corrected chi connectivity index (χ2v) is 10.7. The van der Waals surface area contributed by atoms with Crippen LogP contribution >= 0.6 is 11.6 Å². The van der Waals surface area contributed by atoms with Crippen LogP contribution in [0, 0.1) is 23.2 Å². The molecule has 0 radical (unpaired) electrons. The lowest BCUT2D eigenvalue weighted by Crippen LogP contribution is -2.40. The van der Waals surface area contributed by atoms with E-state index in [1.165, 1.54) is 18.5 Å². The van der Waals surface area contributed by atoms with Crippen molar-refractivity contribution >= 4 is 34.7 Å². The molecule has 1 N–H and O–H groups in total. The van der Waals surface area contributed by atoms with Gasteiger partial charge in [0.1, 0.15) is 0 Å². The van der Waals surface area contributed by atoms with Crippen molar-refractivity contribution in [3.8, 4) is 17.3 Å². The summed E-state index contributed by atoms with van der Waals surface area (Å²) in [4.78, 5) is 32.9. The van der Waals surface area contributed by atoms with Gasteiger partial charge in [-0.05, 0) is 66.6 Å². The van der Waals surface area contributed by atoms with E-state index >= 15 is 0 Å². The molecule has 2 aliphatic heterocycles. The van der Waals surface area contributed by atoms with E-state index in [2.05, 4.69) is 21.5 Å². The lowest BCUT2D eigenvalue weighted by atomic mass is 9.86. The Morgan fingerprint density at radius 3 is 2.70 bits per heavy atom. The number of benzene rings is 1. The first-order valence-electron chi connectivity index (χ1n) is 13.0. The largest absolute Gasteiger partial charge is 0.333 e. The van der Waals surface area contributed by atoms with Crippen molar-refractivity contribution in [2.45, 2.75) is 45.7 Å². The number of amides is 2. The minimum atomic E-state index is -2.92. The Balaban J connectivity index is 1.58. The molecular weight excluding hydrogens is 538 g/mol. The number of aromatic nitrogens is 3. The van der Waals surface area contributed by atoms with E-state index in [-0.39, 0.29) is 29.1 Å². The maximum absolute atomic E-state index is 13.9. The third-order valence-electron chi connectivity index (χ3n) is 7.62. The van der Waals surface area contributed by atoms with Crippen molar-refractivity contribution in [1.82, 2.24) is 19.7 Å². The maximum atomic E-state index is 13.9. The summed E-state index contributed by atoms with van der Waals surface area (Å²) in [7, 11) is 0. The van der Waals surface area contributed by atoms with E-state index in [9.17, 15) is 23.6 Å². The number of nitrogens with zero attached hydrogens (tertiary/aromatic N) is 5. The molecule has 1 aromatic carbocycles. The van der Waals surface area contributed by atoms with Crippen LogP contribution in [0.25, 0.3) is 16.8 Å². The Bertz CT molecular complexity index is 1550. The summed E-state index contributed by atoms with van der Waals surface area (Å²) in [5.74, 6) is -1.03. The van der Waals surface area contributed by atoms with Crippen LogP contribution in [0.3, 0.4) is 0 Å². The molecule has 3 aromatic rings. The van der Waals surface area contributed by atoms with Crippen LogP contribution in [-0.2, 0) is 9.59 Å². The van der Waals surface area contributed by atoms with Crippen molar-refractivity contribution in [2.75, 3.05) is 11.9 Å². The average molecular weight is 565 g/mol. The number of hydrogen-bond donors (Lipinski definition) is 1. The molecule has 0 saturated heterocycles. The molecule has 0 fully saturated rings. The number of hydrogen-bond acceptors (Lipinski definition) is 5. The van der Waals surface area contributed by atoms with Gasteiger partial charge in [0, 0.05) is 35.3 Å². The molecular formula is C29H27ClF2N6O2. The molecule has 0 aliphatic carbocycles. The highest BCUT2D eigenvalue weighted by Crippen LogP contribution is 2.39. The summed E-state index contributed by atoms with van der Waals surface area (Å²) in [6, 6.07) is 9.93. The molecule has 206 valence electrons. The van der Waals surface area contributed by atoms with Gasteiger partial charge in [0.15, 0.2) is 0 Å². The summed E-state index contributed by atoms with van der Waals surface area (Å²) in [6.07, 6.45) is 5.92. The molecule has 40 heavy (non-hydrogen) atoms. The van der Waals surface area contributed by atoms with Gasteiger partial charge in [-0.3, -0.25) is 14.6 Å². The van der Waals surface area contributed by atoms with Gasteiger partial charge in [-0.2, -0.15) is 19.1 Å². The summed E-state index contributed by atoms with van der Waals surface area (Å²) in [6.45, 7) is 1.23. The van der Waals surface area contributed by atoms with Crippen LogP contribution < -0.4 is 5.32 Å². The number of alkyl halides is 2. The van der Waals surface area contributed by atoms with Gasteiger partial charge in [0.25, 0.3) is 0 Å². The van der Waals surface area contributed by atoms with Crippen molar-refractivity contribution < 1.29 is 18.4 Å². The van der Waals surface area contributed by atoms with Gasteiger partial charge in [-0.25, -0.2) is 4.68 Å². The molecule has 3 unspecified atom stereocenters. The van der Waals surface area contributed by atoms with Crippen LogP contribution in [0.5, 0.6) is 0 Å².